The fourth-order valence-corrected chi connectivity index (χ4v) is 2.61. The molecule has 14 heteroatoms. The summed E-state index contributed by atoms with van der Waals surface area (Å²) in [6.07, 6.45) is -6.52. The van der Waals surface area contributed by atoms with Gasteiger partial charge in [0.1, 0.15) is 24.0 Å². The molecular formula is C11H15N2O11P. The first-order chi connectivity index (χ1) is 11.5. The molecule has 0 bridgehead atoms. The van der Waals surface area contributed by atoms with Crippen molar-refractivity contribution in [2.45, 2.75) is 24.5 Å². The standard InChI is InChI=1S/C11H15N2O11P/c1-22-10(17)4-2-6(14)12-11(18)13(4)9-8(16)7(15)5(24-9)3-23-25(19,20)21/h2,5,7-9,15-16H,3H2,1H3,(H,12,14,18)(H2,19,20,21)/t5-,7?,8?,9-/m1/s1. The molecular weight excluding hydrogens is 367 g/mol. The molecule has 0 aliphatic carbocycles. The molecule has 25 heavy (non-hydrogen) atoms. The summed E-state index contributed by atoms with van der Waals surface area (Å²) in [5.41, 5.74) is -2.58. The number of esters is 1. The number of phosphoric acid groups is 1. The molecule has 1 aromatic heterocycles. The summed E-state index contributed by atoms with van der Waals surface area (Å²) in [7, 11) is -3.87. The highest BCUT2D eigenvalue weighted by atomic mass is 31.2. The quantitative estimate of drug-likeness (QED) is 0.258. The molecule has 13 nitrogen and oxygen atoms in total. The molecule has 1 saturated heterocycles. The van der Waals surface area contributed by atoms with Crippen LogP contribution in [0, 0.1) is 0 Å². The van der Waals surface area contributed by atoms with Gasteiger partial charge in [-0.15, -0.1) is 0 Å². The van der Waals surface area contributed by atoms with Crippen molar-refractivity contribution >= 4 is 13.8 Å². The van der Waals surface area contributed by atoms with E-state index in [2.05, 4.69) is 9.26 Å². The summed E-state index contributed by atoms with van der Waals surface area (Å²) in [6.45, 7) is -0.801. The maximum Gasteiger partial charge on any atom is 0.469 e. The highest BCUT2D eigenvalue weighted by molar-refractivity contribution is 7.46. The molecule has 0 saturated carbocycles. The Balaban J connectivity index is 2.39. The lowest BCUT2D eigenvalue weighted by Gasteiger charge is -2.19. The van der Waals surface area contributed by atoms with Crippen LogP contribution in [0.2, 0.25) is 0 Å². The minimum atomic E-state index is -4.87. The van der Waals surface area contributed by atoms with Gasteiger partial charge in [0.2, 0.25) is 0 Å². The predicted octanol–water partition coefficient (Wildman–Crippen LogP) is -2.95. The number of ether oxygens (including phenoxy) is 2. The number of rotatable bonds is 5. The van der Waals surface area contributed by atoms with Crippen molar-refractivity contribution in [3.63, 3.8) is 0 Å². The van der Waals surface area contributed by atoms with Crippen molar-refractivity contribution in [2.75, 3.05) is 13.7 Å². The van der Waals surface area contributed by atoms with Gasteiger partial charge >= 0.3 is 19.5 Å². The second-order valence-corrected chi connectivity index (χ2v) is 6.26. The van der Waals surface area contributed by atoms with Gasteiger partial charge in [0, 0.05) is 6.07 Å². The average molecular weight is 382 g/mol. The Morgan fingerprint density at radius 2 is 2.00 bits per heavy atom. The van der Waals surface area contributed by atoms with Crippen molar-refractivity contribution in [1.29, 1.82) is 0 Å². The third-order valence-corrected chi connectivity index (χ3v) is 3.85. The first kappa shape index (κ1) is 19.5. The van der Waals surface area contributed by atoms with Gasteiger partial charge in [-0.1, -0.05) is 0 Å². The van der Waals surface area contributed by atoms with E-state index in [9.17, 15) is 29.2 Å². The van der Waals surface area contributed by atoms with Crippen molar-refractivity contribution in [1.82, 2.24) is 9.55 Å². The fraction of sp³-hybridized carbons (Fsp3) is 0.545. The van der Waals surface area contributed by atoms with Crippen molar-refractivity contribution < 1.29 is 43.4 Å². The molecule has 0 radical (unpaired) electrons. The van der Waals surface area contributed by atoms with Gasteiger partial charge in [-0.2, -0.15) is 0 Å². The molecule has 5 N–H and O–H groups in total. The maximum atomic E-state index is 12.0. The average Bonchev–Trinajstić information content (AvgIpc) is 2.79. The lowest BCUT2D eigenvalue weighted by atomic mass is 10.1. The SMILES string of the molecule is COC(=O)c1cc(=O)[nH]c(=O)n1[C@@H]1O[C@H](COP(=O)(O)O)C(O)C1O. The van der Waals surface area contributed by atoms with Crippen LogP contribution in [0.3, 0.4) is 0 Å². The van der Waals surface area contributed by atoms with Crippen molar-refractivity contribution in [3.8, 4) is 0 Å². The third-order valence-electron chi connectivity index (χ3n) is 3.37. The van der Waals surface area contributed by atoms with E-state index >= 15 is 0 Å². The van der Waals surface area contributed by atoms with Gasteiger partial charge in [-0.3, -0.25) is 18.9 Å². The zero-order valence-electron chi connectivity index (χ0n) is 12.6. The van der Waals surface area contributed by atoms with E-state index in [0.717, 1.165) is 13.2 Å². The Labute approximate surface area is 138 Å². The number of aliphatic hydroxyl groups is 2. The second kappa shape index (κ2) is 7.17. The summed E-state index contributed by atoms with van der Waals surface area (Å²) in [4.78, 5) is 54.4. The van der Waals surface area contributed by atoms with Crippen LogP contribution in [-0.4, -0.2) is 67.5 Å². The summed E-state index contributed by atoms with van der Waals surface area (Å²) < 4.78 is 25.1. The molecule has 2 rings (SSSR count). The summed E-state index contributed by atoms with van der Waals surface area (Å²) >= 11 is 0. The molecule has 1 aliphatic heterocycles. The lowest BCUT2D eigenvalue weighted by Crippen LogP contribution is -2.41. The molecule has 0 amide bonds. The number of aliphatic hydroxyl groups excluding tert-OH is 2. The van der Waals surface area contributed by atoms with Crippen LogP contribution < -0.4 is 11.2 Å². The maximum absolute atomic E-state index is 12.0. The zero-order chi connectivity index (χ0) is 18.9. The minimum absolute atomic E-state index is 0.552. The number of hydrogen-bond donors (Lipinski definition) is 5. The number of carbonyl (C=O) groups excluding carboxylic acids is 1. The number of nitrogens with one attached hydrogen (secondary N) is 1. The molecule has 1 aliphatic rings. The Hall–Kier alpha value is -1.86. The molecule has 140 valence electrons. The first-order valence-electron chi connectivity index (χ1n) is 6.71. The highest BCUT2D eigenvalue weighted by Crippen LogP contribution is 2.38. The van der Waals surface area contributed by atoms with Crippen LogP contribution in [0.4, 0.5) is 0 Å². The predicted molar refractivity (Wildman–Crippen MR) is 76.6 cm³/mol. The molecule has 4 atom stereocenters. The summed E-state index contributed by atoms with van der Waals surface area (Å²) in [5.74, 6) is -1.08. The van der Waals surface area contributed by atoms with Crippen molar-refractivity contribution in [2.24, 2.45) is 0 Å². The normalized spacial score (nSPS) is 26.6. The molecule has 2 heterocycles. The number of H-pyrrole nitrogens is 1. The lowest BCUT2D eigenvalue weighted by molar-refractivity contribution is -0.0556. The van der Waals surface area contributed by atoms with E-state index in [1.165, 1.54) is 0 Å². The number of hydrogen-bond acceptors (Lipinski definition) is 9. The van der Waals surface area contributed by atoms with E-state index in [1.54, 1.807) is 0 Å². The number of aromatic nitrogens is 2. The van der Waals surface area contributed by atoms with E-state index in [-0.39, 0.29) is 0 Å². The number of carbonyl (C=O) groups is 1. The van der Waals surface area contributed by atoms with Crippen LogP contribution in [-0.2, 0) is 18.6 Å². The van der Waals surface area contributed by atoms with Crippen LogP contribution in [0.15, 0.2) is 15.7 Å². The number of methoxy groups -OCH3 is 1. The van der Waals surface area contributed by atoms with E-state index < -0.39 is 61.9 Å². The van der Waals surface area contributed by atoms with Crippen LogP contribution in [0.5, 0.6) is 0 Å². The van der Waals surface area contributed by atoms with Gasteiger partial charge < -0.3 is 29.5 Å². The largest absolute Gasteiger partial charge is 0.469 e. The van der Waals surface area contributed by atoms with E-state index in [4.69, 9.17) is 14.5 Å². The van der Waals surface area contributed by atoms with E-state index in [1.807, 2.05) is 4.98 Å². The van der Waals surface area contributed by atoms with Crippen LogP contribution >= 0.6 is 7.82 Å². The molecule has 0 spiro atoms. The second-order valence-electron chi connectivity index (χ2n) is 5.02. The molecule has 1 aromatic rings. The fourth-order valence-electron chi connectivity index (χ4n) is 2.27. The van der Waals surface area contributed by atoms with Gasteiger partial charge in [0.15, 0.2) is 6.23 Å². The zero-order valence-corrected chi connectivity index (χ0v) is 13.5. The topological polar surface area (TPSA) is 198 Å². The first-order valence-corrected chi connectivity index (χ1v) is 8.24. The number of phosphoric ester groups is 1. The van der Waals surface area contributed by atoms with Crippen LogP contribution in [0.1, 0.15) is 16.7 Å². The smallest absolute Gasteiger partial charge is 0.464 e. The molecule has 1 fully saturated rings. The third kappa shape index (κ3) is 4.22. The van der Waals surface area contributed by atoms with Gasteiger partial charge in [0.05, 0.1) is 13.7 Å². The van der Waals surface area contributed by atoms with Crippen LogP contribution in [0.25, 0.3) is 0 Å². The minimum Gasteiger partial charge on any atom is -0.464 e. The Morgan fingerprint density at radius 1 is 1.36 bits per heavy atom. The summed E-state index contributed by atoms with van der Waals surface area (Å²) in [5, 5.41) is 20.0. The molecule has 2 unspecified atom stereocenters. The number of nitrogens with zero attached hydrogens (tertiary/aromatic N) is 1. The highest BCUT2D eigenvalue weighted by Gasteiger charge is 2.46. The van der Waals surface area contributed by atoms with Gasteiger partial charge in [-0.25, -0.2) is 14.2 Å². The van der Waals surface area contributed by atoms with E-state index in [0.29, 0.717) is 4.57 Å². The summed E-state index contributed by atoms with van der Waals surface area (Å²) in [6, 6.07) is 0.731. The Morgan fingerprint density at radius 3 is 2.56 bits per heavy atom. The van der Waals surface area contributed by atoms with Crippen molar-refractivity contribution in [3.05, 3.63) is 32.6 Å². The Kier molecular flexibility index (Phi) is 5.58. The Bertz CT molecular complexity index is 811. The van der Waals surface area contributed by atoms with Gasteiger partial charge in [-0.05, 0) is 0 Å². The number of aromatic amines is 1. The monoisotopic (exact) mass is 382 g/mol. The molecule has 0 aromatic carbocycles. The van der Waals surface area contributed by atoms with Gasteiger partial charge in [0.25, 0.3) is 5.56 Å².